The van der Waals surface area contributed by atoms with Crippen LogP contribution < -0.4 is 10.6 Å². The quantitative estimate of drug-likeness (QED) is 0.177. The molecule has 3 N–H and O–H groups in total. The second kappa shape index (κ2) is 11.4. The van der Waals surface area contributed by atoms with Crippen LogP contribution in [0.25, 0.3) is 60.4 Å². The number of nitrogens with zero attached hydrogens (tertiary/aromatic N) is 3. The minimum Gasteiger partial charge on any atom is -0.624 e. The van der Waals surface area contributed by atoms with Crippen molar-refractivity contribution in [2.45, 2.75) is 18.5 Å². The van der Waals surface area contributed by atoms with Gasteiger partial charge in [0.2, 0.25) is 0 Å². The van der Waals surface area contributed by atoms with Crippen molar-refractivity contribution in [2.75, 3.05) is 0 Å². The zero-order valence-electron chi connectivity index (χ0n) is 26.7. The van der Waals surface area contributed by atoms with E-state index in [0.717, 1.165) is 33.7 Å². The fourth-order valence-electron chi connectivity index (χ4n) is 7.67. The molecule has 0 radical (unpaired) electrons. The molecule has 49 heavy (non-hydrogen) atoms. The van der Waals surface area contributed by atoms with E-state index in [-0.39, 0.29) is 18.5 Å². The number of para-hydroxylation sites is 3. The Morgan fingerprint density at radius 1 is 0.429 bits per heavy atom. The SMILES string of the molecule is c1ccc(C2[N-]C(c3c[nH]c(-n4c5ccccc5c5cc6c7ccccc7n(-c7ccccc7)c6cc54)c3)NC(c3ccccc3)N2)cc1. The second-order valence-electron chi connectivity index (χ2n) is 12.8. The second-order valence-corrected chi connectivity index (χ2v) is 12.8. The van der Waals surface area contributed by atoms with E-state index in [4.69, 9.17) is 5.32 Å². The Morgan fingerprint density at radius 3 is 1.63 bits per heavy atom. The summed E-state index contributed by atoms with van der Waals surface area (Å²) in [6.07, 6.45) is 1.67. The van der Waals surface area contributed by atoms with Gasteiger partial charge >= 0.3 is 0 Å². The monoisotopic (exact) mass is 633 g/mol. The molecular formula is C43H33N6-. The fraction of sp³-hybridized carbons (Fsp3) is 0.0698. The van der Waals surface area contributed by atoms with Crippen LogP contribution in [0.3, 0.4) is 0 Å². The minimum absolute atomic E-state index is 0.0614. The van der Waals surface area contributed by atoms with E-state index in [1.807, 2.05) is 6.07 Å². The smallest absolute Gasteiger partial charge is 0.115 e. The van der Waals surface area contributed by atoms with Gasteiger partial charge < -0.3 is 25.5 Å². The summed E-state index contributed by atoms with van der Waals surface area (Å²) in [4.78, 5) is 3.66. The van der Waals surface area contributed by atoms with E-state index >= 15 is 0 Å². The highest BCUT2D eigenvalue weighted by Gasteiger charge is 2.24. The van der Waals surface area contributed by atoms with Crippen molar-refractivity contribution in [2.24, 2.45) is 0 Å². The molecule has 0 aliphatic carbocycles. The summed E-state index contributed by atoms with van der Waals surface area (Å²) in [6.45, 7) is 0. The van der Waals surface area contributed by atoms with Crippen LogP contribution in [0, 0.1) is 0 Å². The largest absolute Gasteiger partial charge is 0.624 e. The van der Waals surface area contributed by atoms with Crippen LogP contribution in [0.2, 0.25) is 0 Å². The summed E-state index contributed by atoms with van der Waals surface area (Å²) in [6, 6.07) is 56.1. The zero-order valence-corrected chi connectivity index (χ0v) is 26.7. The molecule has 9 aromatic rings. The van der Waals surface area contributed by atoms with Crippen LogP contribution in [0.1, 0.15) is 35.2 Å². The van der Waals surface area contributed by atoms with Crippen LogP contribution >= 0.6 is 0 Å². The number of rotatable bonds is 5. The average molecular weight is 634 g/mol. The molecule has 0 saturated carbocycles. The zero-order chi connectivity index (χ0) is 32.3. The molecule has 0 spiro atoms. The number of hydrogen-bond acceptors (Lipinski definition) is 2. The van der Waals surface area contributed by atoms with E-state index in [1.54, 1.807) is 0 Å². The Hall–Kier alpha value is -5.92. The Balaban J connectivity index is 1.13. The summed E-state index contributed by atoms with van der Waals surface area (Å²) in [5.74, 6) is 1.01. The van der Waals surface area contributed by atoms with E-state index in [0.29, 0.717) is 0 Å². The fourth-order valence-corrected chi connectivity index (χ4v) is 7.67. The van der Waals surface area contributed by atoms with Gasteiger partial charge in [0.05, 0.1) is 28.2 Å². The molecule has 236 valence electrons. The molecule has 6 heteroatoms. The van der Waals surface area contributed by atoms with Crippen molar-refractivity contribution >= 4 is 43.6 Å². The lowest BCUT2D eigenvalue weighted by atomic mass is 10.1. The molecule has 1 aliphatic heterocycles. The first-order chi connectivity index (χ1) is 24.3. The van der Waals surface area contributed by atoms with Gasteiger partial charge in [0, 0.05) is 33.4 Å². The first-order valence-corrected chi connectivity index (χ1v) is 16.8. The number of hydrogen-bond donors (Lipinski definition) is 3. The number of benzene rings is 6. The third-order valence-electron chi connectivity index (χ3n) is 9.92. The van der Waals surface area contributed by atoms with Crippen molar-refractivity contribution in [3.05, 3.63) is 186 Å². The highest BCUT2D eigenvalue weighted by molar-refractivity contribution is 6.19. The molecule has 3 atom stereocenters. The van der Waals surface area contributed by atoms with Gasteiger partial charge in [-0.15, -0.1) is 0 Å². The Morgan fingerprint density at radius 2 is 0.959 bits per heavy atom. The first-order valence-electron chi connectivity index (χ1n) is 16.8. The summed E-state index contributed by atoms with van der Waals surface area (Å²) < 4.78 is 4.75. The summed E-state index contributed by atoms with van der Waals surface area (Å²) in [5, 5.41) is 17.7. The lowest BCUT2D eigenvalue weighted by Crippen LogP contribution is -2.44. The number of aromatic nitrogens is 3. The number of aromatic amines is 1. The Bertz CT molecular complexity index is 2550. The van der Waals surface area contributed by atoms with Crippen LogP contribution in [0.15, 0.2) is 164 Å². The van der Waals surface area contributed by atoms with E-state index in [9.17, 15) is 0 Å². The lowest BCUT2D eigenvalue weighted by molar-refractivity contribution is 0.316. The normalized spacial score (nSPS) is 18.2. The van der Waals surface area contributed by atoms with Gasteiger partial charge in [-0.2, -0.15) is 0 Å². The molecule has 1 fully saturated rings. The minimum atomic E-state index is -0.220. The number of H-pyrrole nitrogens is 1. The summed E-state index contributed by atoms with van der Waals surface area (Å²) in [7, 11) is 0. The number of nitrogens with one attached hydrogen (secondary N) is 3. The van der Waals surface area contributed by atoms with Gasteiger partial charge in [-0.05, 0) is 53.6 Å². The molecular weight excluding hydrogens is 601 g/mol. The van der Waals surface area contributed by atoms with Crippen molar-refractivity contribution in [1.82, 2.24) is 24.8 Å². The van der Waals surface area contributed by atoms with Gasteiger partial charge in [0.15, 0.2) is 0 Å². The molecule has 3 unspecified atom stereocenters. The topological polar surface area (TPSA) is 63.8 Å². The van der Waals surface area contributed by atoms with Crippen LogP contribution in [0.4, 0.5) is 0 Å². The maximum atomic E-state index is 5.27. The first kappa shape index (κ1) is 28.1. The molecule has 0 bridgehead atoms. The predicted molar refractivity (Wildman–Crippen MR) is 200 cm³/mol. The maximum absolute atomic E-state index is 5.27. The average Bonchev–Trinajstić information content (AvgIpc) is 3.87. The third-order valence-corrected chi connectivity index (χ3v) is 9.92. The van der Waals surface area contributed by atoms with Gasteiger partial charge in [-0.25, -0.2) is 0 Å². The van der Waals surface area contributed by atoms with Gasteiger partial charge in [0.1, 0.15) is 5.82 Å². The van der Waals surface area contributed by atoms with Gasteiger partial charge in [-0.1, -0.05) is 133 Å². The number of fused-ring (bicyclic) bond motifs is 6. The van der Waals surface area contributed by atoms with Gasteiger partial charge in [0.25, 0.3) is 0 Å². The van der Waals surface area contributed by atoms with Crippen LogP contribution in [-0.2, 0) is 0 Å². The molecule has 10 rings (SSSR count). The maximum Gasteiger partial charge on any atom is 0.115 e. The standard InChI is InChI=1S/C43H33N6/c1-4-14-28(15-5-1)41-45-42(29-16-6-2-7-17-29)47-43(46-41)30-24-40(44-27-30)49-37-23-13-11-21-33(37)35-25-34-32-20-10-12-22-36(32)48(38(34)26-39(35)49)31-18-8-3-9-19-31/h1-27,41-46H/q-1. The molecule has 6 nitrogen and oxygen atoms in total. The molecule has 6 aromatic carbocycles. The molecule has 0 amide bonds. The van der Waals surface area contributed by atoms with Crippen molar-refractivity contribution in [3.63, 3.8) is 0 Å². The van der Waals surface area contributed by atoms with E-state index in [2.05, 4.69) is 183 Å². The highest BCUT2D eigenvalue weighted by Crippen LogP contribution is 2.41. The predicted octanol–water partition coefficient (Wildman–Crippen LogP) is 10.2. The molecule has 1 saturated heterocycles. The van der Waals surface area contributed by atoms with Gasteiger partial charge in [-0.3, -0.25) is 4.57 Å². The Kier molecular flexibility index (Phi) is 6.52. The lowest BCUT2D eigenvalue weighted by Gasteiger charge is -2.50. The third kappa shape index (κ3) is 4.61. The Labute approximate surface area is 283 Å². The molecule has 4 heterocycles. The highest BCUT2D eigenvalue weighted by atomic mass is 15.4. The summed E-state index contributed by atoms with van der Waals surface area (Å²) >= 11 is 0. The van der Waals surface area contributed by atoms with Crippen molar-refractivity contribution in [3.8, 4) is 11.5 Å². The van der Waals surface area contributed by atoms with E-state index in [1.165, 1.54) is 38.1 Å². The van der Waals surface area contributed by atoms with Crippen LogP contribution in [0.5, 0.6) is 0 Å². The molecule has 1 aliphatic rings. The molecule has 3 aromatic heterocycles. The summed E-state index contributed by atoms with van der Waals surface area (Å²) in [5.41, 5.74) is 9.26. The van der Waals surface area contributed by atoms with Crippen molar-refractivity contribution < 1.29 is 0 Å². The van der Waals surface area contributed by atoms with E-state index < -0.39 is 0 Å². The van der Waals surface area contributed by atoms with Crippen LogP contribution in [-0.4, -0.2) is 14.1 Å². The van der Waals surface area contributed by atoms with Crippen molar-refractivity contribution in [1.29, 1.82) is 0 Å².